The number of nitrogens with one attached hydrogen (secondary N) is 1. The molecule has 2 aromatic carbocycles. The van der Waals surface area contributed by atoms with Gasteiger partial charge in [-0.25, -0.2) is 13.6 Å². The van der Waals surface area contributed by atoms with Gasteiger partial charge in [0.1, 0.15) is 10.6 Å². The van der Waals surface area contributed by atoms with Gasteiger partial charge in [-0.2, -0.15) is 0 Å². The van der Waals surface area contributed by atoms with Crippen molar-refractivity contribution < 1.29 is 17.9 Å². The van der Waals surface area contributed by atoms with Crippen molar-refractivity contribution in [1.29, 1.82) is 0 Å². The third-order valence-corrected chi connectivity index (χ3v) is 6.07. The molecular formula is C21H27N3O4S. The number of primary sulfonamides is 1. The van der Waals surface area contributed by atoms with Crippen LogP contribution in [0.25, 0.3) is 0 Å². The molecular weight excluding hydrogens is 390 g/mol. The Labute approximate surface area is 171 Å². The predicted molar refractivity (Wildman–Crippen MR) is 111 cm³/mol. The van der Waals surface area contributed by atoms with Crippen molar-refractivity contribution in [2.75, 3.05) is 20.2 Å². The zero-order valence-corrected chi connectivity index (χ0v) is 17.3. The lowest BCUT2D eigenvalue weighted by Gasteiger charge is -2.23. The number of methoxy groups -OCH3 is 1. The van der Waals surface area contributed by atoms with E-state index in [2.05, 4.69) is 22.3 Å². The number of carbonyl (C=O) groups is 1. The number of benzene rings is 2. The molecule has 0 unspecified atom stereocenters. The van der Waals surface area contributed by atoms with Crippen molar-refractivity contribution in [2.24, 2.45) is 5.14 Å². The smallest absolute Gasteiger partial charge is 0.241 e. The Kier molecular flexibility index (Phi) is 6.89. The first-order valence-corrected chi connectivity index (χ1v) is 11.2. The number of amides is 1. The van der Waals surface area contributed by atoms with Crippen LogP contribution in [0.15, 0.2) is 53.4 Å². The number of nitrogens with two attached hydrogens (primary N) is 1. The highest BCUT2D eigenvalue weighted by Crippen LogP contribution is 2.24. The number of nitrogens with zero attached hydrogens (tertiary/aromatic N) is 1. The van der Waals surface area contributed by atoms with E-state index < -0.39 is 10.0 Å². The van der Waals surface area contributed by atoms with Crippen LogP contribution < -0.4 is 15.2 Å². The molecule has 0 aromatic heterocycles. The van der Waals surface area contributed by atoms with Crippen LogP contribution in [0.5, 0.6) is 5.75 Å². The van der Waals surface area contributed by atoms with Crippen molar-refractivity contribution in [1.82, 2.24) is 10.2 Å². The average Bonchev–Trinajstić information content (AvgIpc) is 3.16. The molecule has 1 heterocycles. The quantitative estimate of drug-likeness (QED) is 0.680. The average molecular weight is 418 g/mol. The van der Waals surface area contributed by atoms with Crippen molar-refractivity contribution in [3.8, 4) is 5.75 Å². The van der Waals surface area contributed by atoms with E-state index in [0.717, 1.165) is 31.5 Å². The number of hydrogen-bond acceptors (Lipinski definition) is 5. The fraction of sp³-hybridized carbons (Fsp3) is 0.381. The molecule has 29 heavy (non-hydrogen) atoms. The third-order valence-electron chi connectivity index (χ3n) is 5.14. The van der Waals surface area contributed by atoms with Crippen LogP contribution in [-0.4, -0.2) is 45.5 Å². The fourth-order valence-corrected chi connectivity index (χ4v) is 4.42. The minimum Gasteiger partial charge on any atom is -0.495 e. The molecule has 1 atom stereocenters. The maximum Gasteiger partial charge on any atom is 0.241 e. The van der Waals surface area contributed by atoms with Crippen LogP contribution in [-0.2, 0) is 27.8 Å². The highest BCUT2D eigenvalue weighted by Gasteiger charge is 2.30. The van der Waals surface area contributed by atoms with Gasteiger partial charge in [-0.15, -0.1) is 0 Å². The van der Waals surface area contributed by atoms with Gasteiger partial charge in [0.2, 0.25) is 15.9 Å². The zero-order chi connectivity index (χ0) is 20.9. The highest BCUT2D eigenvalue weighted by atomic mass is 32.2. The van der Waals surface area contributed by atoms with E-state index in [1.165, 1.54) is 18.7 Å². The van der Waals surface area contributed by atoms with Crippen molar-refractivity contribution >= 4 is 15.9 Å². The van der Waals surface area contributed by atoms with Gasteiger partial charge in [0.15, 0.2) is 0 Å². The molecule has 1 saturated heterocycles. The molecule has 0 aliphatic carbocycles. The van der Waals surface area contributed by atoms with E-state index in [1.54, 1.807) is 12.1 Å². The number of likely N-dealkylation sites (tertiary alicyclic amines) is 1. The summed E-state index contributed by atoms with van der Waals surface area (Å²) in [5.74, 6) is 0.224. The summed E-state index contributed by atoms with van der Waals surface area (Å²) >= 11 is 0. The first kappa shape index (κ1) is 21.3. The molecule has 7 nitrogen and oxygen atoms in total. The molecule has 3 rings (SSSR count). The molecule has 3 N–H and O–H groups in total. The van der Waals surface area contributed by atoms with E-state index in [4.69, 9.17) is 9.88 Å². The second-order valence-corrected chi connectivity index (χ2v) is 8.72. The monoisotopic (exact) mass is 417 g/mol. The second kappa shape index (κ2) is 9.39. The molecule has 0 saturated carbocycles. The van der Waals surface area contributed by atoms with Gasteiger partial charge in [-0.1, -0.05) is 36.4 Å². The predicted octanol–water partition coefficient (Wildman–Crippen LogP) is 1.67. The van der Waals surface area contributed by atoms with Gasteiger partial charge in [0.05, 0.1) is 13.2 Å². The van der Waals surface area contributed by atoms with Gasteiger partial charge >= 0.3 is 0 Å². The first-order chi connectivity index (χ1) is 13.9. The van der Waals surface area contributed by atoms with Crippen molar-refractivity contribution in [3.05, 3.63) is 59.7 Å². The number of carbonyl (C=O) groups excluding carboxylic acids is 1. The summed E-state index contributed by atoms with van der Waals surface area (Å²) < 4.78 is 28.5. The van der Waals surface area contributed by atoms with Gasteiger partial charge < -0.3 is 10.1 Å². The van der Waals surface area contributed by atoms with Crippen LogP contribution >= 0.6 is 0 Å². The number of sulfonamides is 1. The van der Waals surface area contributed by atoms with Gasteiger partial charge in [0, 0.05) is 13.1 Å². The Balaban J connectivity index is 1.57. The first-order valence-electron chi connectivity index (χ1n) is 9.64. The Morgan fingerprint density at radius 2 is 1.97 bits per heavy atom. The topological polar surface area (TPSA) is 102 Å². The van der Waals surface area contributed by atoms with Crippen LogP contribution in [0.4, 0.5) is 0 Å². The lowest BCUT2D eigenvalue weighted by molar-refractivity contribution is -0.125. The van der Waals surface area contributed by atoms with E-state index in [0.29, 0.717) is 13.0 Å². The molecule has 1 fully saturated rings. The van der Waals surface area contributed by atoms with Gasteiger partial charge in [0.25, 0.3) is 0 Å². The number of hydrogen-bond donors (Lipinski definition) is 2. The largest absolute Gasteiger partial charge is 0.495 e. The normalized spacial score (nSPS) is 17.2. The second-order valence-electron chi connectivity index (χ2n) is 7.19. The van der Waals surface area contributed by atoms with Gasteiger partial charge in [-0.3, -0.25) is 9.69 Å². The Morgan fingerprint density at radius 1 is 1.21 bits per heavy atom. The molecule has 0 radical (unpaired) electrons. The molecule has 0 spiro atoms. The maximum atomic E-state index is 12.7. The summed E-state index contributed by atoms with van der Waals surface area (Å²) in [6.07, 6.45) is 2.35. The standard InChI is InChI=1S/C21H27N3O4S/c1-28-19-10-9-16(14-20(19)29(22,26)27)11-12-23-21(25)18-8-5-13-24(18)15-17-6-3-2-4-7-17/h2-4,6-7,9-10,14,18H,5,8,11-13,15H2,1H3,(H,23,25)(H2,22,26,27)/t18-/m1/s1. The Hall–Kier alpha value is -2.42. The molecule has 1 aliphatic rings. The SMILES string of the molecule is COc1ccc(CCNC(=O)[C@H]2CCCN2Cc2ccccc2)cc1S(N)(=O)=O. The van der Waals surface area contributed by atoms with E-state index in [1.807, 2.05) is 18.2 Å². The Morgan fingerprint density at radius 3 is 2.66 bits per heavy atom. The summed E-state index contributed by atoms with van der Waals surface area (Å²) in [6, 6.07) is 14.9. The number of ether oxygens (including phenoxy) is 1. The van der Waals surface area contributed by atoms with Crippen LogP contribution in [0.1, 0.15) is 24.0 Å². The van der Waals surface area contributed by atoms with E-state index in [9.17, 15) is 13.2 Å². The summed E-state index contributed by atoms with van der Waals surface area (Å²) in [6.45, 7) is 2.09. The molecule has 0 bridgehead atoms. The Bertz CT molecular complexity index is 948. The molecule has 156 valence electrons. The fourth-order valence-electron chi connectivity index (χ4n) is 3.68. The number of rotatable bonds is 8. The summed E-state index contributed by atoms with van der Waals surface area (Å²) in [5.41, 5.74) is 1.96. The minimum absolute atomic E-state index is 0.0126. The lowest BCUT2D eigenvalue weighted by Crippen LogP contribution is -2.43. The molecule has 2 aromatic rings. The van der Waals surface area contributed by atoms with Crippen molar-refractivity contribution in [2.45, 2.75) is 36.7 Å². The molecule has 8 heteroatoms. The lowest BCUT2D eigenvalue weighted by atomic mass is 10.1. The third kappa shape index (κ3) is 5.56. The van der Waals surface area contributed by atoms with Crippen LogP contribution in [0.2, 0.25) is 0 Å². The van der Waals surface area contributed by atoms with E-state index >= 15 is 0 Å². The van der Waals surface area contributed by atoms with Crippen LogP contribution in [0, 0.1) is 0 Å². The van der Waals surface area contributed by atoms with Gasteiger partial charge in [-0.05, 0) is 49.1 Å². The molecule has 1 aliphatic heterocycles. The molecule has 1 amide bonds. The zero-order valence-electron chi connectivity index (χ0n) is 16.5. The summed E-state index contributed by atoms with van der Waals surface area (Å²) in [7, 11) is -2.48. The highest BCUT2D eigenvalue weighted by molar-refractivity contribution is 7.89. The van der Waals surface area contributed by atoms with E-state index in [-0.39, 0.29) is 22.6 Å². The minimum atomic E-state index is -3.88. The van der Waals surface area contributed by atoms with Crippen molar-refractivity contribution in [3.63, 3.8) is 0 Å². The summed E-state index contributed by atoms with van der Waals surface area (Å²) in [4.78, 5) is 14.8. The van der Waals surface area contributed by atoms with Crippen LogP contribution in [0.3, 0.4) is 0 Å². The summed E-state index contributed by atoms with van der Waals surface area (Å²) in [5, 5.41) is 8.24. The maximum absolute atomic E-state index is 12.7.